The molecule has 158 valence electrons. The number of methoxy groups -OCH3 is 1. The average molecular weight is 418 g/mol. The highest BCUT2D eigenvalue weighted by molar-refractivity contribution is 6.05. The SMILES string of the molecule is COc1cc(C([OH2+])=NC(=N)C2(c3ccc(-c4cnc(N)nc4)cc3)CCC2)ccc1O. The number of phenols is 1. The molecule has 0 saturated heterocycles. The van der Waals surface area contributed by atoms with Crippen LogP contribution < -0.4 is 10.5 Å². The summed E-state index contributed by atoms with van der Waals surface area (Å²) in [6.45, 7) is 0. The van der Waals surface area contributed by atoms with Gasteiger partial charge in [0.05, 0.1) is 18.1 Å². The fourth-order valence-corrected chi connectivity index (χ4v) is 3.77. The Hall–Kier alpha value is -3.94. The minimum Gasteiger partial charge on any atom is -0.578 e. The molecule has 2 aromatic carbocycles. The third-order valence-electron chi connectivity index (χ3n) is 5.78. The molecule has 1 fully saturated rings. The predicted octanol–water partition coefficient (Wildman–Crippen LogP) is 3.01. The van der Waals surface area contributed by atoms with Crippen molar-refractivity contribution >= 4 is 17.7 Å². The molecule has 31 heavy (non-hydrogen) atoms. The van der Waals surface area contributed by atoms with Gasteiger partial charge in [-0.3, -0.25) is 5.41 Å². The molecule has 0 radical (unpaired) electrons. The number of nitrogens with zero attached hydrogens (tertiary/aromatic N) is 3. The molecule has 1 aliphatic rings. The van der Waals surface area contributed by atoms with Crippen LogP contribution in [0.2, 0.25) is 0 Å². The molecule has 0 atom stereocenters. The van der Waals surface area contributed by atoms with Gasteiger partial charge in [0.2, 0.25) is 5.95 Å². The van der Waals surface area contributed by atoms with Gasteiger partial charge in [0.1, 0.15) is 5.84 Å². The van der Waals surface area contributed by atoms with Crippen molar-refractivity contribution in [2.24, 2.45) is 4.99 Å². The second kappa shape index (κ2) is 8.06. The van der Waals surface area contributed by atoms with E-state index in [1.807, 2.05) is 24.3 Å². The molecule has 1 aromatic heterocycles. The van der Waals surface area contributed by atoms with Crippen LogP contribution >= 0.6 is 0 Å². The number of hydrogen-bond acceptors (Lipinski definition) is 6. The third-order valence-corrected chi connectivity index (χ3v) is 5.78. The summed E-state index contributed by atoms with van der Waals surface area (Å²) >= 11 is 0. The standard InChI is InChI=1S/C23H23N5O3/c1-31-19-11-15(5-8-18(19)29)20(30)28-21(24)23(9-2-10-23)17-6-3-14(4-7-17)16-12-26-22(25)27-13-16/h3-8,11-13,29H,2,9-10H2,1H3,(H2,24,28,30)(H2,25,26,27)/p+1. The van der Waals surface area contributed by atoms with Crippen LogP contribution in [0.1, 0.15) is 30.4 Å². The lowest BCUT2D eigenvalue weighted by atomic mass is 9.63. The largest absolute Gasteiger partial charge is 0.578 e. The monoisotopic (exact) mass is 418 g/mol. The Morgan fingerprint density at radius 1 is 1.13 bits per heavy atom. The van der Waals surface area contributed by atoms with Crippen LogP contribution in [-0.2, 0) is 5.41 Å². The molecule has 1 saturated carbocycles. The van der Waals surface area contributed by atoms with Crippen molar-refractivity contribution in [2.75, 3.05) is 12.8 Å². The summed E-state index contributed by atoms with van der Waals surface area (Å²) in [6, 6.07) is 12.6. The first kappa shape index (κ1) is 20.3. The molecule has 1 aliphatic carbocycles. The second-order valence-electron chi connectivity index (χ2n) is 7.54. The quantitative estimate of drug-likeness (QED) is 0.332. The van der Waals surface area contributed by atoms with E-state index in [9.17, 15) is 5.11 Å². The van der Waals surface area contributed by atoms with Crippen LogP contribution in [0.4, 0.5) is 5.95 Å². The fraction of sp³-hybridized carbons (Fsp3) is 0.217. The molecule has 6 N–H and O–H groups in total. The number of anilines is 1. The van der Waals surface area contributed by atoms with E-state index in [0.717, 1.165) is 36.0 Å². The smallest absolute Gasteiger partial charge is 0.366 e. The minimum atomic E-state index is -0.497. The Bertz CT molecular complexity index is 1140. The van der Waals surface area contributed by atoms with Crippen LogP contribution in [0.25, 0.3) is 11.1 Å². The summed E-state index contributed by atoms with van der Waals surface area (Å²) in [7, 11) is 1.45. The van der Waals surface area contributed by atoms with Gasteiger partial charge in [-0.15, -0.1) is 4.99 Å². The zero-order valence-electron chi connectivity index (χ0n) is 17.1. The number of nitrogen functional groups attached to an aromatic ring is 1. The van der Waals surface area contributed by atoms with Crippen LogP contribution in [-0.4, -0.2) is 39.0 Å². The molecule has 0 spiro atoms. The van der Waals surface area contributed by atoms with E-state index in [1.54, 1.807) is 24.5 Å². The maximum atomic E-state index is 9.76. The molecule has 0 bridgehead atoms. The number of ether oxygens (including phenoxy) is 1. The van der Waals surface area contributed by atoms with Crippen molar-refractivity contribution in [2.45, 2.75) is 24.7 Å². The molecule has 4 rings (SSSR count). The summed E-state index contributed by atoms with van der Waals surface area (Å²) in [5.41, 5.74) is 8.37. The summed E-state index contributed by atoms with van der Waals surface area (Å²) in [6.07, 6.45) is 5.99. The van der Waals surface area contributed by atoms with Gasteiger partial charge >= 0.3 is 5.90 Å². The molecular formula is C23H24N5O3+. The van der Waals surface area contributed by atoms with E-state index in [0.29, 0.717) is 5.56 Å². The number of aromatic hydroxyl groups is 1. The number of nitrogens with one attached hydrogen (secondary N) is 1. The number of nitrogens with two attached hydrogens (primary N) is 1. The molecule has 8 heteroatoms. The van der Waals surface area contributed by atoms with Gasteiger partial charge in [0, 0.05) is 24.0 Å². The molecule has 0 unspecified atom stereocenters. The zero-order valence-corrected chi connectivity index (χ0v) is 17.1. The van der Waals surface area contributed by atoms with Gasteiger partial charge in [0.25, 0.3) is 0 Å². The van der Waals surface area contributed by atoms with E-state index < -0.39 is 5.41 Å². The van der Waals surface area contributed by atoms with Crippen LogP contribution in [0.3, 0.4) is 0 Å². The van der Waals surface area contributed by atoms with Gasteiger partial charge in [-0.05, 0) is 36.1 Å². The highest BCUT2D eigenvalue weighted by Crippen LogP contribution is 2.45. The minimum absolute atomic E-state index is 0.00354. The average Bonchev–Trinajstić information content (AvgIpc) is 2.74. The van der Waals surface area contributed by atoms with Crippen molar-refractivity contribution < 1.29 is 14.9 Å². The molecule has 0 amide bonds. The number of rotatable bonds is 5. The zero-order chi connectivity index (χ0) is 22.0. The van der Waals surface area contributed by atoms with E-state index in [2.05, 4.69) is 15.0 Å². The Morgan fingerprint density at radius 3 is 2.39 bits per heavy atom. The van der Waals surface area contributed by atoms with E-state index in [-0.39, 0.29) is 29.2 Å². The van der Waals surface area contributed by atoms with E-state index >= 15 is 0 Å². The first-order chi connectivity index (χ1) is 14.9. The number of aromatic nitrogens is 2. The number of phenolic OH excluding ortho intramolecular Hbond substituents is 1. The topological polar surface area (TPSA) is 140 Å². The normalized spacial score (nSPS) is 15.2. The lowest BCUT2D eigenvalue weighted by Crippen LogP contribution is -2.41. The van der Waals surface area contributed by atoms with Crippen LogP contribution in [0, 0.1) is 5.41 Å². The highest BCUT2D eigenvalue weighted by atomic mass is 16.5. The molecule has 1 heterocycles. The summed E-state index contributed by atoms with van der Waals surface area (Å²) in [5.74, 6) is 0.628. The highest BCUT2D eigenvalue weighted by Gasteiger charge is 2.43. The number of benzene rings is 2. The first-order valence-electron chi connectivity index (χ1n) is 9.88. The predicted molar refractivity (Wildman–Crippen MR) is 120 cm³/mol. The van der Waals surface area contributed by atoms with Gasteiger partial charge in [0.15, 0.2) is 11.5 Å². The lowest BCUT2D eigenvalue weighted by molar-refractivity contribution is 0.336. The Balaban J connectivity index is 1.60. The summed E-state index contributed by atoms with van der Waals surface area (Å²) in [4.78, 5) is 12.4. The lowest BCUT2D eigenvalue weighted by Gasteiger charge is -2.41. The molecule has 3 aromatic rings. The van der Waals surface area contributed by atoms with Gasteiger partial charge < -0.3 is 20.7 Å². The van der Waals surface area contributed by atoms with Gasteiger partial charge in [-0.25, -0.2) is 9.97 Å². The fourth-order valence-electron chi connectivity index (χ4n) is 3.77. The van der Waals surface area contributed by atoms with Crippen molar-refractivity contribution in [3.63, 3.8) is 0 Å². The van der Waals surface area contributed by atoms with Gasteiger partial charge in [-0.2, -0.15) is 0 Å². The Labute approximate surface area is 179 Å². The number of hydrogen-bond donors (Lipinski definition) is 3. The number of aliphatic imine (C=N–C) groups is 1. The maximum Gasteiger partial charge on any atom is 0.366 e. The maximum absolute atomic E-state index is 9.76. The van der Waals surface area contributed by atoms with E-state index in [1.165, 1.54) is 13.2 Å². The van der Waals surface area contributed by atoms with Crippen LogP contribution in [0.5, 0.6) is 11.5 Å². The Kier molecular flexibility index (Phi) is 5.29. The summed E-state index contributed by atoms with van der Waals surface area (Å²) in [5, 5.41) is 26.8. The molecule has 0 aliphatic heterocycles. The molecule has 8 nitrogen and oxygen atoms in total. The third kappa shape index (κ3) is 3.79. The number of amidine groups is 1. The van der Waals surface area contributed by atoms with Crippen molar-refractivity contribution in [1.29, 1.82) is 5.41 Å². The molecular weight excluding hydrogens is 394 g/mol. The van der Waals surface area contributed by atoms with E-state index in [4.69, 9.17) is 21.0 Å². The van der Waals surface area contributed by atoms with Crippen molar-refractivity contribution in [1.82, 2.24) is 9.97 Å². The van der Waals surface area contributed by atoms with Crippen LogP contribution in [0.15, 0.2) is 59.9 Å². The van der Waals surface area contributed by atoms with Gasteiger partial charge in [-0.1, -0.05) is 30.7 Å². The van der Waals surface area contributed by atoms with Crippen molar-refractivity contribution in [3.8, 4) is 22.6 Å². The second-order valence-corrected chi connectivity index (χ2v) is 7.54. The van der Waals surface area contributed by atoms with Crippen molar-refractivity contribution in [3.05, 3.63) is 66.0 Å². The Morgan fingerprint density at radius 2 is 1.81 bits per heavy atom. The summed E-state index contributed by atoms with van der Waals surface area (Å²) < 4.78 is 5.11. The first-order valence-corrected chi connectivity index (χ1v) is 9.88.